The molecule has 2 N–H and O–H groups in total. The molecule has 108 valence electrons. The van der Waals surface area contributed by atoms with E-state index in [-0.39, 0.29) is 11.8 Å². The molecule has 0 aromatic heterocycles. The monoisotopic (exact) mass is 272 g/mol. The van der Waals surface area contributed by atoms with Gasteiger partial charge in [0.15, 0.2) is 0 Å². The summed E-state index contributed by atoms with van der Waals surface area (Å²) in [4.78, 5) is 0. The highest BCUT2D eigenvalue weighted by atomic mass is 16.3. The maximum Gasteiger partial charge on any atom is 0.0727 e. The first-order chi connectivity index (χ1) is 9.62. The molecule has 0 bridgehead atoms. The van der Waals surface area contributed by atoms with Crippen molar-refractivity contribution in [1.82, 2.24) is 0 Å². The van der Waals surface area contributed by atoms with Crippen LogP contribution in [-0.2, 0) is 0 Å². The van der Waals surface area contributed by atoms with Gasteiger partial charge in [-0.3, -0.25) is 0 Å². The van der Waals surface area contributed by atoms with Crippen molar-refractivity contribution in [1.29, 1.82) is 0 Å². The first kappa shape index (κ1) is 16.4. The predicted octanol–water partition coefficient (Wildman–Crippen LogP) is 3.33. The van der Waals surface area contributed by atoms with Crippen LogP contribution in [0.25, 0.3) is 0 Å². The van der Waals surface area contributed by atoms with E-state index in [1.807, 2.05) is 50.3 Å². The van der Waals surface area contributed by atoms with E-state index < -0.39 is 12.2 Å². The maximum atomic E-state index is 10.4. The minimum absolute atomic E-state index is 0.271. The topological polar surface area (TPSA) is 40.5 Å². The summed E-state index contributed by atoms with van der Waals surface area (Å²) in [6.07, 6.45) is 13.4. The fourth-order valence-electron chi connectivity index (χ4n) is 2.71. The van der Waals surface area contributed by atoms with Gasteiger partial charge in [-0.2, -0.15) is 0 Å². The Balaban J connectivity index is 3.00. The molecule has 0 aliphatic heterocycles. The number of allylic oxidation sites excluding steroid dienone is 8. The third-order valence-electron chi connectivity index (χ3n) is 3.58. The van der Waals surface area contributed by atoms with Crippen LogP contribution in [0, 0.1) is 11.8 Å². The van der Waals surface area contributed by atoms with E-state index in [0.717, 1.165) is 11.1 Å². The zero-order chi connectivity index (χ0) is 15.1. The average molecular weight is 272 g/mol. The number of rotatable bonds is 6. The van der Waals surface area contributed by atoms with Crippen LogP contribution in [0.3, 0.4) is 0 Å². The Hall–Kier alpha value is -1.64. The van der Waals surface area contributed by atoms with Crippen molar-refractivity contribution in [3.05, 3.63) is 72.9 Å². The van der Waals surface area contributed by atoms with Crippen LogP contribution < -0.4 is 0 Å². The van der Waals surface area contributed by atoms with Crippen molar-refractivity contribution in [2.75, 3.05) is 0 Å². The Labute approximate surface area is 121 Å². The smallest absolute Gasteiger partial charge is 0.0727 e. The van der Waals surface area contributed by atoms with Crippen molar-refractivity contribution in [3.8, 4) is 0 Å². The van der Waals surface area contributed by atoms with Gasteiger partial charge < -0.3 is 10.2 Å². The highest BCUT2D eigenvalue weighted by molar-refractivity contribution is 5.38. The van der Waals surface area contributed by atoms with Crippen LogP contribution in [0.4, 0.5) is 0 Å². The molecule has 0 amide bonds. The Bertz CT molecular complexity index is 414. The standard InChI is InChI=1S/C18H24O2/c1-5-9-13(10-6-2)15-17(19)16(18(15)20)14(11-7-3)12-8-4/h5-12,15-20H,1,3H2,2,4H3/b10-6-,12-8-,13-9+,14-11+. The van der Waals surface area contributed by atoms with Crippen LogP contribution in [0.5, 0.6) is 0 Å². The van der Waals surface area contributed by atoms with E-state index in [2.05, 4.69) is 13.2 Å². The minimum atomic E-state index is -0.602. The third-order valence-corrected chi connectivity index (χ3v) is 3.58. The molecule has 1 aliphatic carbocycles. The van der Waals surface area contributed by atoms with Crippen LogP contribution in [-0.4, -0.2) is 22.4 Å². The van der Waals surface area contributed by atoms with Gasteiger partial charge >= 0.3 is 0 Å². The first-order valence-corrected chi connectivity index (χ1v) is 6.89. The summed E-state index contributed by atoms with van der Waals surface area (Å²) in [5, 5.41) is 20.8. The molecular formula is C18H24O2. The second-order valence-corrected chi connectivity index (χ2v) is 4.84. The lowest BCUT2D eigenvalue weighted by molar-refractivity contribution is -0.117. The Kier molecular flexibility index (Phi) is 6.43. The molecule has 0 atom stereocenters. The largest absolute Gasteiger partial charge is 0.392 e. The van der Waals surface area contributed by atoms with E-state index in [1.165, 1.54) is 0 Å². The summed E-state index contributed by atoms with van der Waals surface area (Å²) in [7, 11) is 0. The summed E-state index contributed by atoms with van der Waals surface area (Å²) in [5.74, 6) is -0.541. The Morgan fingerprint density at radius 2 is 1.15 bits per heavy atom. The van der Waals surface area contributed by atoms with Crippen molar-refractivity contribution in [3.63, 3.8) is 0 Å². The Morgan fingerprint density at radius 1 is 0.800 bits per heavy atom. The Morgan fingerprint density at radius 3 is 1.40 bits per heavy atom. The predicted molar refractivity (Wildman–Crippen MR) is 85.2 cm³/mol. The summed E-state index contributed by atoms with van der Waals surface area (Å²) >= 11 is 0. The molecule has 2 nitrogen and oxygen atoms in total. The maximum absolute atomic E-state index is 10.4. The van der Waals surface area contributed by atoms with Crippen molar-refractivity contribution < 1.29 is 10.2 Å². The van der Waals surface area contributed by atoms with Gasteiger partial charge in [-0.15, -0.1) is 0 Å². The second kappa shape index (κ2) is 7.83. The lowest BCUT2D eigenvalue weighted by Crippen LogP contribution is -2.56. The van der Waals surface area contributed by atoms with E-state index in [1.54, 1.807) is 12.2 Å². The van der Waals surface area contributed by atoms with Gasteiger partial charge in [0, 0.05) is 11.8 Å². The van der Waals surface area contributed by atoms with E-state index in [0.29, 0.717) is 0 Å². The van der Waals surface area contributed by atoms with Crippen LogP contribution in [0.15, 0.2) is 72.9 Å². The van der Waals surface area contributed by atoms with Crippen LogP contribution >= 0.6 is 0 Å². The summed E-state index contributed by atoms with van der Waals surface area (Å²) in [6, 6.07) is 0. The third kappa shape index (κ3) is 3.27. The number of aliphatic hydroxyl groups is 2. The molecular weight excluding hydrogens is 248 g/mol. The highest BCUT2D eigenvalue weighted by Crippen LogP contribution is 2.44. The molecule has 1 rings (SSSR count). The zero-order valence-electron chi connectivity index (χ0n) is 12.2. The van der Waals surface area contributed by atoms with E-state index in [4.69, 9.17) is 0 Å². The summed E-state index contributed by atoms with van der Waals surface area (Å²) < 4.78 is 0. The quantitative estimate of drug-likeness (QED) is 0.728. The second-order valence-electron chi connectivity index (χ2n) is 4.84. The lowest BCUT2D eigenvalue weighted by atomic mass is 9.62. The van der Waals surface area contributed by atoms with Gasteiger partial charge in [0.2, 0.25) is 0 Å². The molecule has 0 aromatic carbocycles. The molecule has 20 heavy (non-hydrogen) atoms. The highest BCUT2D eigenvalue weighted by Gasteiger charge is 2.50. The van der Waals surface area contributed by atoms with Gasteiger partial charge in [-0.1, -0.05) is 61.8 Å². The van der Waals surface area contributed by atoms with Crippen molar-refractivity contribution in [2.24, 2.45) is 11.8 Å². The van der Waals surface area contributed by atoms with Gasteiger partial charge in [0.05, 0.1) is 12.2 Å². The molecule has 1 saturated carbocycles. The minimum Gasteiger partial charge on any atom is -0.392 e. The zero-order valence-corrected chi connectivity index (χ0v) is 12.2. The molecule has 0 unspecified atom stereocenters. The summed E-state index contributed by atoms with van der Waals surface area (Å²) in [6.45, 7) is 11.2. The molecule has 0 aromatic rings. The van der Waals surface area contributed by atoms with Crippen LogP contribution in [0.2, 0.25) is 0 Å². The average Bonchev–Trinajstić information content (AvgIpc) is 2.40. The van der Waals surface area contributed by atoms with E-state index in [9.17, 15) is 10.2 Å². The molecule has 1 fully saturated rings. The molecule has 0 saturated heterocycles. The summed E-state index contributed by atoms with van der Waals surface area (Å²) in [5.41, 5.74) is 1.80. The fraction of sp³-hybridized carbons (Fsp3) is 0.333. The van der Waals surface area contributed by atoms with Crippen molar-refractivity contribution >= 4 is 0 Å². The van der Waals surface area contributed by atoms with Gasteiger partial charge in [-0.05, 0) is 25.0 Å². The van der Waals surface area contributed by atoms with Gasteiger partial charge in [0.1, 0.15) is 0 Å². The van der Waals surface area contributed by atoms with Crippen LogP contribution in [0.1, 0.15) is 13.8 Å². The first-order valence-electron chi connectivity index (χ1n) is 6.89. The SMILES string of the molecule is C=C/C=C(\C=C/C)C1C(O)C(C(/C=C\C)=C/C=C)C1O. The fourth-order valence-corrected chi connectivity index (χ4v) is 2.71. The lowest BCUT2D eigenvalue weighted by Gasteiger charge is -2.48. The molecule has 1 aliphatic rings. The molecule has 0 heterocycles. The normalized spacial score (nSPS) is 31.6. The number of hydrogen-bond acceptors (Lipinski definition) is 2. The molecule has 0 radical (unpaired) electrons. The number of hydrogen-bond donors (Lipinski definition) is 2. The molecule has 0 spiro atoms. The van der Waals surface area contributed by atoms with Gasteiger partial charge in [0.25, 0.3) is 0 Å². The van der Waals surface area contributed by atoms with Gasteiger partial charge in [-0.25, -0.2) is 0 Å². The van der Waals surface area contributed by atoms with Crippen molar-refractivity contribution in [2.45, 2.75) is 26.1 Å². The molecule has 2 heteroatoms. The number of aliphatic hydroxyl groups excluding tert-OH is 2. The van der Waals surface area contributed by atoms with E-state index >= 15 is 0 Å².